The summed E-state index contributed by atoms with van der Waals surface area (Å²) in [6, 6.07) is 8.59. The number of allylic oxidation sites excluding steroid dienone is 1. The second kappa shape index (κ2) is 7.65. The fourth-order valence-electron chi connectivity index (χ4n) is 2.82. The summed E-state index contributed by atoms with van der Waals surface area (Å²) in [5.41, 5.74) is 4.67. The largest absolute Gasteiger partial charge is 0.399 e. The van der Waals surface area contributed by atoms with Crippen molar-refractivity contribution in [2.45, 2.75) is 46.2 Å². The maximum atomic E-state index is 13.6. The summed E-state index contributed by atoms with van der Waals surface area (Å²) in [4.78, 5) is 0. The molecule has 2 aromatic carbocycles. The van der Waals surface area contributed by atoms with Crippen LogP contribution >= 0.6 is 11.6 Å². The van der Waals surface area contributed by atoms with Crippen LogP contribution in [0.25, 0.3) is 6.08 Å². The van der Waals surface area contributed by atoms with Crippen LogP contribution < -0.4 is 0 Å². The predicted octanol–water partition coefficient (Wildman–Crippen LogP) is 7.19. The number of hydrogen-bond acceptors (Lipinski definition) is 0. The summed E-state index contributed by atoms with van der Waals surface area (Å²) in [5, 5.41) is 0.579. The molecule has 0 bridgehead atoms. The van der Waals surface area contributed by atoms with Crippen LogP contribution in [0.2, 0.25) is 5.02 Å². The average Bonchev–Trinajstić information content (AvgIpc) is 2.51. The van der Waals surface area contributed by atoms with Crippen molar-refractivity contribution in [3.63, 3.8) is 0 Å². The summed E-state index contributed by atoms with van der Waals surface area (Å²) in [6.07, 6.45) is -0.859. The molecule has 0 aliphatic carbocycles. The zero-order valence-electron chi connectivity index (χ0n) is 14.8. The monoisotopic (exact) mass is 366 g/mol. The van der Waals surface area contributed by atoms with E-state index in [0.717, 1.165) is 28.7 Å². The molecule has 1 unspecified atom stereocenters. The van der Waals surface area contributed by atoms with Crippen LogP contribution in [0, 0.1) is 20.8 Å². The fraction of sp³-hybridized carbons (Fsp3) is 0.333. The Bertz CT molecular complexity index is 765. The number of alkyl halides is 3. The van der Waals surface area contributed by atoms with Gasteiger partial charge in [-0.25, -0.2) is 0 Å². The maximum absolute atomic E-state index is 13.6. The van der Waals surface area contributed by atoms with Gasteiger partial charge in [0.1, 0.15) is 0 Å². The second-order valence-electron chi connectivity index (χ2n) is 6.36. The van der Waals surface area contributed by atoms with Crippen LogP contribution in [0.5, 0.6) is 0 Å². The molecule has 0 aliphatic rings. The Kier molecular flexibility index (Phi) is 5.99. The third kappa shape index (κ3) is 4.66. The minimum atomic E-state index is -4.35. The van der Waals surface area contributed by atoms with Gasteiger partial charge in [-0.3, -0.25) is 0 Å². The first-order valence-corrected chi connectivity index (χ1v) is 8.62. The fourth-order valence-corrected chi connectivity index (χ4v) is 3.14. The molecule has 0 saturated carbocycles. The van der Waals surface area contributed by atoms with Gasteiger partial charge in [-0.2, -0.15) is 13.2 Å². The van der Waals surface area contributed by atoms with Gasteiger partial charge in [0.2, 0.25) is 0 Å². The molecular formula is C21H22ClF3. The van der Waals surface area contributed by atoms with Gasteiger partial charge in [-0.05, 0) is 66.6 Å². The zero-order valence-corrected chi connectivity index (χ0v) is 15.6. The summed E-state index contributed by atoms with van der Waals surface area (Å²) in [5.74, 6) is -1.64. The number of rotatable bonds is 4. The molecule has 134 valence electrons. The lowest BCUT2D eigenvalue weighted by molar-refractivity contribution is -0.139. The molecule has 0 nitrogen and oxygen atoms in total. The minimum absolute atomic E-state index is 0.264. The van der Waals surface area contributed by atoms with E-state index in [-0.39, 0.29) is 5.56 Å². The van der Waals surface area contributed by atoms with Gasteiger partial charge in [0, 0.05) is 5.02 Å². The molecular weight excluding hydrogens is 345 g/mol. The summed E-state index contributed by atoms with van der Waals surface area (Å²) in [7, 11) is 0. The minimum Gasteiger partial charge on any atom is -0.170 e. The molecule has 0 N–H and O–H groups in total. The number of hydrogen-bond donors (Lipinski definition) is 0. The molecule has 25 heavy (non-hydrogen) atoms. The van der Waals surface area contributed by atoms with Crippen molar-refractivity contribution >= 4 is 17.7 Å². The van der Waals surface area contributed by atoms with Gasteiger partial charge in [-0.1, -0.05) is 54.9 Å². The Labute approximate surface area is 152 Å². The standard InChI is InChI=1S/C21H22ClF3/c1-5-17-8-6-16(12-20(17)22)7-9-19(21(23,24)25)18-10-13(2)15(4)14(3)11-18/h6-12,19H,5H2,1-4H3/b9-7+. The smallest absolute Gasteiger partial charge is 0.170 e. The van der Waals surface area contributed by atoms with E-state index in [4.69, 9.17) is 11.6 Å². The van der Waals surface area contributed by atoms with Crippen molar-refractivity contribution in [1.82, 2.24) is 0 Å². The molecule has 0 heterocycles. The summed E-state index contributed by atoms with van der Waals surface area (Å²) >= 11 is 6.15. The van der Waals surface area contributed by atoms with Crippen LogP contribution in [0.4, 0.5) is 13.2 Å². The van der Waals surface area contributed by atoms with Crippen LogP contribution in [0.3, 0.4) is 0 Å². The molecule has 0 fully saturated rings. The van der Waals surface area contributed by atoms with E-state index in [9.17, 15) is 13.2 Å². The Balaban J connectivity index is 2.41. The van der Waals surface area contributed by atoms with E-state index in [2.05, 4.69) is 0 Å². The van der Waals surface area contributed by atoms with E-state index in [1.165, 1.54) is 12.2 Å². The van der Waals surface area contributed by atoms with Gasteiger partial charge < -0.3 is 0 Å². The van der Waals surface area contributed by atoms with Crippen molar-refractivity contribution in [3.05, 3.63) is 74.8 Å². The number of benzene rings is 2. The highest BCUT2D eigenvalue weighted by atomic mass is 35.5. The Hall–Kier alpha value is -1.74. The molecule has 0 aromatic heterocycles. The number of aryl methyl sites for hydroxylation is 3. The third-order valence-corrected chi connectivity index (χ3v) is 4.95. The first kappa shape index (κ1) is 19.6. The molecule has 0 saturated heterocycles. The summed E-state index contributed by atoms with van der Waals surface area (Å²) in [6.45, 7) is 7.58. The lowest BCUT2D eigenvalue weighted by atomic mass is 9.91. The Morgan fingerprint density at radius 3 is 2.12 bits per heavy atom. The van der Waals surface area contributed by atoms with Crippen LogP contribution in [-0.4, -0.2) is 6.18 Å². The van der Waals surface area contributed by atoms with Crippen molar-refractivity contribution in [2.75, 3.05) is 0 Å². The molecule has 0 spiro atoms. The van der Waals surface area contributed by atoms with Gasteiger partial charge >= 0.3 is 6.18 Å². The van der Waals surface area contributed by atoms with Gasteiger partial charge in [0.15, 0.2) is 0 Å². The van der Waals surface area contributed by atoms with Crippen LogP contribution in [0.15, 0.2) is 36.4 Å². The van der Waals surface area contributed by atoms with Crippen LogP contribution in [-0.2, 0) is 6.42 Å². The quantitative estimate of drug-likeness (QED) is 0.537. The highest BCUT2D eigenvalue weighted by molar-refractivity contribution is 6.31. The van der Waals surface area contributed by atoms with Crippen molar-refractivity contribution in [1.29, 1.82) is 0 Å². The summed E-state index contributed by atoms with van der Waals surface area (Å²) < 4.78 is 40.8. The molecule has 2 aromatic rings. The lowest BCUT2D eigenvalue weighted by Gasteiger charge is -2.19. The van der Waals surface area contributed by atoms with Crippen molar-refractivity contribution < 1.29 is 13.2 Å². The van der Waals surface area contributed by atoms with E-state index >= 15 is 0 Å². The van der Waals surface area contributed by atoms with Crippen molar-refractivity contribution in [2.24, 2.45) is 0 Å². The Morgan fingerprint density at radius 1 is 1.04 bits per heavy atom. The molecule has 4 heteroatoms. The SMILES string of the molecule is CCc1ccc(/C=C/C(c2cc(C)c(C)c(C)c2)C(F)(F)F)cc1Cl. The zero-order chi connectivity index (χ0) is 18.8. The molecule has 1 atom stereocenters. The first-order valence-electron chi connectivity index (χ1n) is 8.24. The third-order valence-electron chi connectivity index (χ3n) is 4.60. The predicted molar refractivity (Wildman–Crippen MR) is 99.3 cm³/mol. The van der Waals surface area contributed by atoms with Gasteiger partial charge in [-0.15, -0.1) is 0 Å². The average molecular weight is 367 g/mol. The van der Waals surface area contributed by atoms with E-state index in [1.807, 2.05) is 33.8 Å². The normalized spacial score (nSPS) is 13.4. The van der Waals surface area contributed by atoms with Gasteiger partial charge in [0.05, 0.1) is 5.92 Å². The second-order valence-corrected chi connectivity index (χ2v) is 6.77. The molecule has 2 rings (SSSR count). The highest BCUT2D eigenvalue weighted by Crippen LogP contribution is 2.38. The van der Waals surface area contributed by atoms with E-state index in [0.29, 0.717) is 10.6 Å². The number of halogens is 4. The molecule has 0 radical (unpaired) electrons. The Morgan fingerprint density at radius 2 is 1.64 bits per heavy atom. The molecule has 0 amide bonds. The highest BCUT2D eigenvalue weighted by Gasteiger charge is 2.39. The maximum Gasteiger partial charge on any atom is 0.399 e. The van der Waals surface area contributed by atoms with Crippen molar-refractivity contribution in [3.8, 4) is 0 Å². The first-order chi connectivity index (χ1) is 11.6. The topological polar surface area (TPSA) is 0 Å². The van der Waals surface area contributed by atoms with E-state index in [1.54, 1.807) is 24.3 Å². The molecule has 0 aliphatic heterocycles. The lowest BCUT2D eigenvalue weighted by Crippen LogP contribution is -2.19. The van der Waals surface area contributed by atoms with E-state index < -0.39 is 12.1 Å². The van der Waals surface area contributed by atoms with Gasteiger partial charge in [0.25, 0.3) is 0 Å². The van der Waals surface area contributed by atoms with Crippen LogP contribution in [0.1, 0.15) is 46.2 Å².